The number of carbonyl (C=O) groups is 2. The Morgan fingerprint density at radius 1 is 1.23 bits per heavy atom. The molecule has 3 rings (SSSR count). The summed E-state index contributed by atoms with van der Waals surface area (Å²) in [6.45, 7) is 3.76. The monoisotopic (exact) mass is 521 g/mol. The van der Waals surface area contributed by atoms with Gasteiger partial charge in [0.2, 0.25) is 0 Å². The van der Waals surface area contributed by atoms with E-state index in [4.69, 9.17) is 16.3 Å². The normalized spacial score (nSPS) is 12.1. The van der Waals surface area contributed by atoms with Gasteiger partial charge in [0, 0.05) is 17.1 Å². The Morgan fingerprint density at radius 2 is 1.94 bits per heavy atom. The van der Waals surface area contributed by atoms with E-state index >= 15 is 0 Å². The Bertz CT molecular complexity index is 1170. The largest absolute Gasteiger partial charge is 0.486 e. The van der Waals surface area contributed by atoms with Crippen molar-refractivity contribution in [2.45, 2.75) is 26.5 Å². The molecule has 2 aromatic carbocycles. The number of rotatable bonds is 10. The van der Waals surface area contributed by atoms with Gasteiger partial charge in [-0.25, -0.2) is 19.2 Å². The van der Waals surface area contributed by atoms with Gasteiger partial charge in [-0.1, -0.05) is 61.1 Å². The molecule has 0 fully saturated rings. The minimum Gasteiger partial charge on any atom is -0.486 e. The molecule has 0 radical (unpaired) electrons. The summed E-state index contributed by atoms with van der Waals surface area (Å²) in [4.78, 5) is 28.5. The number of aromatic hydroxyl groups is 1. The molecule has 1 atom stereocenters. The average Bonchev–Trinajstić information content (AvgIpc) is 3.26. The van der Waals surface area contributed by atoms with Crippen molar-refractivity contribution >= 4 is 34.8 Å². The van der Waals surface area contributed by atoms with Crippen LogP contribution in [0.3, 0.4) is 0 Å². The van der Waals surface area contributed by atoms with Crippen LogP contribution in [0.25, 0.3) is 11.1 Å². The van der Waals surface area contributed by atoms with E-state index in [1.54, 1.807) is 24.3 Å². The van der Waals surface area contributed by atoms with E-state index in [-0.39, 0.29) is 35.7 Å². The number of ether oxygens (including phenoxy) is 1. The second kappa shape index (κ2) is 12.1. The number of nitrogens with one attached hydrogen (secondary N) is 1. The van der Waals surface area contributed by atoms with Gasteiger partial charge in [0.05, 0.1) is 19.3 Å². The second-order valence-corrected chi connectivity index (χ2v) is 9.63. The van der Waals surface area contributed by atoms with Crippen molar-refractivity contribution < 1.29 is 28.9 Å². The summed E-state index contributed by atoms with van der Waals surface area (Å²) < 4.78 is 19.3. The van der Waals surface area contributed by atoms with Crippen LogP contribution in [0.15, 0.2) is 48.7 Å². The fraction of sp³-hybridized carbons (Fsp3) is 0.292. The lowest BCUT2D eigenvalue weighted by Crippen LogP contribution is -2.47. The van der Waals surface area contributed by atoms with Crippen LogP contribution in [0, 0.1) is 11.7 Å². The standard InChI is InChI=1S/C24H25ClFN3O5S/c1-14(2)13-34-23(32)20(30)12-29(28-22(31)21-10-27-24(33)35-21)11-15-3-5-16(6-4-15)18-9-17(25)7-8-19(18)26/h3-10,14,20,30H,11-13H2,1-2H3,(H,27,33)(H,28,31). The molecule has 1 heterocycles. The van der Waals surface area contributed by atoms with Gasteiger partial charge in [-0.2, -0.15) is 0 Å². The smallest absolute Gasteiger partial charge is 0.336 e. The van der Waals surface area contributed by atoms with Crippen LogP contribution < -0.4 is 5.43 Å². The number of thiazole rings is 1. The van der Waals surface area contributed by atoms with E-state index in [9.17, 15) is 24.2 Å². The molecule has 0 saturated carbocycles. The van der Waals surface area contributed by atoms with Gasteiger partial charge in [-0.3, -0.25) is 10.2 Å². The molecule has 0 saturated heterocycles. The number of amides is 1. The van der Waals surface area contributed by atoms with Crippen molar-refractivity contribution in [3.8, 4) is 16.3 Å². The first-order valence-electron chi connectivity index (χ1n) is 10.7. The molecule has 8 nitrogen and oxygen atoms in total. The summed E-state index contributed by atoms with van der Waals surface area (Å²) in [5, 5.41) is 21.3. The fourth-order valence-electron chi connectivity index (χ4n) is 3.08. The number of hydrogen-bond acceptors (Lipinski definition) is 8. The third kappa shape index (κ3) is 7.72. The number of hydrogen-bond donors (Lipinski definition) is 3. The summed E-state index contributed by atoms with van der Waals surface area (Å²) >= 11 is 6.77. The minimum atomic E-state index is -1.51. The molecule has 35 heavy (non-hydrogen) atoms. The molecule has 0 bridgehead atoms. The highest BCUT2D eigenvalue weighted by atomic mass is 35.5. The summed E-state index contributed by atoms with van der Waals surface area (Å²) in [5.74, 6) is -1.68. The summed E-state index contributed by atoms with van der Waals surface area (Å²) in [5.41, 5.74) is 4.29. The lowest BCUT2D eigenvalue weighted by Gasteiger charge is -2.25. The molecule has 3 aromatic rings. The van der Waals surface area contributed by atoms with Crippen LogP contribution in [0.4, 0.5) is 4.39 Å². The molecule has 1 amide bonds. The second-order valence-electron chi connectivity index (χ2n) is 8.19. The highest BCUT2D eigenvalue weighted by Crippen LogP contribution is 2.26. The van der Waals surface area contributed by atoms with Crippen molar-refractivity contribution in [2.24, 2.45) is 5.92 Å². The quantitative estimate of drug-likeness (QED) is 0.273. The molecule has 0 aliphatic heterocycles. The first-order valence-corrected chi connectivity index (χ1v) is 11.9. The number of esters is 1. The number of nitrogens with zero attached hydrogens (tertiary/aromatic N) is 2. The van der Waals surface area contributed by atoms with E-state index in [0.717, 1.165) is 11.3 Å². The van der Waals surface area contributed by atoms with Crippen LogP contribution >= 0.6 is 22.9 Å². The number of carbonyl (C=O) groups excluding carboxylic acids is 2. The van der Waals surface area contributed by atoms with Crippen molar-refractivity contribution in [1.82, 2.24) is 15.4 Å². The number of halogens is 2. The van der Waals surface area contributed by atoms with Gasteiger partial charge < -0.3 is 14.9 Å². The van der Waals surface area contributed by atoms with Gasteiger partial charge in [-0.15, -0.1) is 0 Å². The van der Waals surface area contributed by atoms with Crippen LogP contribution in [0.2, 0.25) is 5.02 Å². The maximum atomic E-state index is 14.2. The zero-order valence-electron chi connectivity index (χ0n) is 19.1. The Balaban J connectivity index is 1.75. The Morgan fingerprint density at radius 3 is 2.57 bits per heavy atom. The van der Waals surface area contributed by atoms with Gasteiger partial charge in [-0.05, 0) is 35.2 Å². The van der Waals surface area contributed by atoms with Crippen LogP contribution in [0.5, 0.6) is 5.19 Å². The summed E-state index contributed by atoms with van der Waals surface area (Å²) in [6.07, 6.45) is -0.293. The predicted molar refractivity (Wildman–Crippen MR) is 130 cm³/mol. The number of aromatic nitrogens is 1. The van der Waals surface area contributed by atoms with E-state index in [0.29, 0.717) is 21.7 Å². The van der Waals surface area contributed by atoms with Crippen molar-refractivity contribution in [2.75, 3.05) is 13.2 Å². The first-order chi connectivity index (χ1) is 16.6. The minimum absolute atomic E-state index is 0.101. The molecule has 0 aliphatic carbocycles. The van der Waals surface area contributed by atoms with E-state index < -0.39 is 23.8 Å². The van der Waals surface area contributed by atoms with Gasteiger partial charge in [0.25, 0.3) is 11.1 Å². The van der Waals surface area contributed by atoms with Crippen molar-refractivity contribution in [3.05, 3.63) is 69.9 Å². The Kier molecular flexibility index (Phi) is 9.16. The Hall–Kier alpha value is -3.05. The van der Waals surface area contributed by atoms with Gasteiger partial charge in [0.1, 0.15) is 10.7 Å². The topological polar surface area (TPSA) is 112 Å². The van der Waals surface area contributed by atoms with Crippen LogP contribution in [-0.4, -0.2) is 51.3 Å². The number of aliphatic hydroxyl groups is 1. The lowest BCUT2D eigenvalue weighted by atomic mass is 10.0. The van der Waals surface area contributed by atoms with Gasteiger partial charge >= 0.3 is 5.97 Å². The zero-order valence-corrected chi connectivity index (χ0v) is 20.6. The fourth-order valence-corrected chi connectivity index (χ4v) is 3.79. The number of hydrazine groups is 1. The Labute approximate surface area is 210 Å². The van der Waals surface area contributed by atoms with Crippen LogP contribution in [-0.2, 0) is 16.1 Å². The molecule has 11 heteroatoms. The molecule has 3 N–H and O–H groups in total. The third-order valence-corrected chi connectivity index (χ3v) is 5.80. The third-order valence-electron chi connectivity index (χ3n) is 4.77. The molecule has 186 valence electrons. The maximum absolute atomic E-state index is 14.2. The van der Waals surface area contributed by atoms with E-state index in [1.165, 1.54) is 29.4 Å². The average molecular weight is 522 g/mol. The number of aliphatic hydroxyl groups excluding tert-OH is 1. The molecular formula is C24H25ClFN3O5S. The summed E-state index contributed by atoms with van der Waals surface area (Å²) in [7, 11) is 0. The van der Waals surface area contributed by atoms with Crippen molar-refractivity contribution in [3.63, 3.8) is 0 Å². The van der Waals surface area contributed by atoms with E-state index in [1.807, 2.05) is 13.8 Å². The lowest BCUT2D eigenvalue weighted by molar-refractivity contribution is -0.156. The molecule has 0 spiro atoms. The summed E-state index contributed by atoms with van der Waals surface area (Å²) in [6, 6.07) is 11.2. The highest BCUT2D eigenvalue weighted by Gasteiger charge is 2.23. The maximum Gasteiger partial charge on any atom is 0.336 e. The highest BCUT2D eigenvalue weighted by molar-refractivity contribution is 7.15. The van der Waals surface area contributed by atoms with Crippen LogP contribution in [0.1, 0.15) is 29.1 Å². The van der Waals surface area contributed by atoms with E-state index in [2.05, 4.69) is 10.4 Å². The van der Waals surface area contributed by atoms with Crippen molar-refractivity contribution in [1.29, 1.82) is 0 Å². The predicted octanol–water partition coefficient (Wildman–Crippen LogP) is 4.02. The van der Waals surface area contributed by atoms with Gasteiger partial charge in [0.15, 0.2) is 6.10 Å². The molecule has 0 aliphatic rings. The SMILES string of the molecule is CC(C)COC(=O)C(O)CN(Cc1ccc(-c2cc(Cl)ccc2F)cc1)NC(=O)c1cnc(O)s1. The molecule has 1 unspecified atom stereocenters. The molecule has 1 aromatic heterocycles. The molecular weight excluding hydrogens is 497 g/mol. The zero-order chi connectivity index (χ0) is 25.5. The number of benzene rings is 2. The first kappa shape index (κ1) is 26.6.